The fourth-order valence-corrected chi connectivity index (χ4v) is 2.48. The molecule has 0 aromatic carbocycles. The van der Waals surface area contributed by atoms with Crippen LogP contribution in [-0.2, 0) is 4.74 Å². The first-order valence-corrected chi connectivity index (χ1v) is 5.98. The molecule has 0 saturated carbocycles. The van der Waals surface area contributed by atoms with Crippen molar-refractivity contribution in [3.8, 4) is 0 Å². The molecule has 2 saturated heterocycles. The summed E-state index contributed by atoms with van der Waals surface area (Å²) in [5, 5.41) is 0. The Morgan fingerprint density at radius 1 is 1.21 bits per heavy atom. The molecule has 0 aliphatic carbocycles. The number of hydrogen-bond donors (Lipinski definition) is 0. The summed E-state index contributed by atoms with van der Waals surface area (Å²) in [4.78, 5) is 2.56. The molecule has 0 bridgehead atoms. The first-order chi connectivity index (χ1) is 6.66. The first kappa shape index (κ1) is 10.4. The van der Waals surface area contributed by atoms with Crippen molar-refractivity contribution in [2.75, 3.05) is 26.3 Å². The number of hydrogen-bond acceptors (Lipinski definition) is 2. The lowest BCUT2D eigenvalue weighted by atomic mass is 9.81. The van der Waals surface area contributed by atoms with Gasteiger partial charge in [-0.3, -0.25) is 0 Å². The highest BCUT2D eigenvalue weighted by atomic mass is 16.5. The van der Waals surface area contributed by atoms with E-state index in [1.807, 2.05) is 0 Å². The summed E-state index contributed by atoms with van der Waals surface area (Å²) in [6.07, 6.45) is 1.41. The van der Waals surface area contributed by atoms with Crippen molar-refractivity contribution < 1.29 is 4.74 Å². The largest absolute Gasteiger partial charge is 0.381 e. The van der Waals surface area contributed by atoms with E-state index in [2.05, 4.69) is 25.7 Å². The van der Waals surface area contributed by atoms with Crippen molar-refractivity contribution in [2.24, 2.45) is 17.8 Å². The lowest BCUT2D eigenvalue weighted by Crippen LogP contribution is -2.51. The molecule has 2 aliphatic rings. The van der Waals surface area contributed by atoms with Crippen LogP contribution in [0.3, 0.4) is 0 Å². The van der Waals surface area contributed by atoms with E-state index in [0.29, 0.717) is 0 Å². The zero-order chi connectivity index (χ0) is 10.1. The fourth-order valence-electron chi connectivity index (χ4n) is 2.48. The summed E-state index contributed by atoms with van der Waals surface area (Å²) in [5.74, 6) is 2.71. The van der Waals surface area contributed by atoms with E-state index in [-0.39, 0.29) is 0 Å². The van der Waals surface area contributed by atoms with Crippen molar-refractivity contribution in [1.29, 1.82) is 0 Å². The molecule has 0 aromatic heterocycles. The Labute approximate surface area is 87.6 Å². The fraction of sp³-hybridized carbons (Fsp3) is 1.00. The molecule has 1 atom stereocenters. The summed E-state index contributed by atoms with van der Waals surface area (Å²) in [6, 6.07) is 0.744. The molecule has 0 N–H and O–H groups in total. The van der Waals surface area contributed by atoms with Gasteiger partial charge in [0, 0.05) is 25.0 Å². The molecule has 2 heterocycles. The van der Waals surface area contributed by atoms with Crippen LogP contribution in [0.2, 0.25) is 0 Å². The average Bonchev–Trinajstić information content (AvgIpc) is 1.91. The molecule has 2 fully saturated rings. The van der Waals surface area contributed by atoms with Gasteiger partial charge in [-0.25, -0.2) is 0 Å². The van der Waals surface area contributed by atoms with Gasteiger partial charge in [-0.1, -0.05) is 6.92 Å². The van der Waals surface area contributed by atoms with Crippen molar-refractivity contribution in [2.45, 2.75) is 33.2 Å². The van der Waals surface area contributed by atoms with Gasteiger partial charge in [-0.05, 0) is 32.1 Å². The summed E-state index contributed by atoms with van der Waals surface area (Å²) in [5.41, 5.74) is 0. The summed E-state index contributed by atoms with van der Waals surface area (Å²) in [6.45, 7) is 11.7. The Balaban J connectivity index is 1.63. The molecule has 2 rings (SSSR count). The third-order valence-electron chi connectivity index (χ3n) is 3.89. The van der Waals surface area contributed by atoms with Crippen LogP contribution in [0.1, 0.15) is 27.2 Å². The molecule has 82 valence electrons. The van der Waals surface area contributed by atoms with Gasteiger partial charge in [0.15, 0.2) is 0 Å². The van der Waals surface area contributed by atoms with Gasteiger partial charge in [0.25, 0.3) is 0 Å². The smallest absolute Gasteiger partial charge is 0.0519 e. The van der Waals surface area contributed by atoms with Crippen molar-refractivity contribution in [3.63, 3.8) is 0 Å². The van der Waals surface area contributed by atoms with Crippen molar-refractivity contribution in [3.05, 3.63) is 0 Å². The highest BCUT2D eigenvalue weighted by molar-refractivity contribution is 4.85. The van der Waals surface area contributed by atoms with E-state index in [4.69, 9.17) is 4.74 Å². The number of likely N-dealkylation sites (tertiary alicyclic amines) is 1. The second kappa shape index (κ2) is 4.19. The van der Waals surface area contributed by atoms with Gasteiger partial charge < -0.3 is 9.64 Å². The molecule has 2 aliphatic heterocycles. The van der Waals surface area contributed by atoms with E-state index in [1.54, 1.807) is 0 Å². The maximum absolute atomic E-state index is 5.24. The average molecular weight is 197 g/mol. The molecule has 0 amide bonds. The minimum absolute atomic E-state index is 0.744. The van der Waals surface area contributed by atoms with Crippen LogP contribution in [0.4, 0.5) is 0 Å². The SMILES string of the molecule is CC(CC1CN(C(C)C)C1)C1COC1. The topological polar surface area (TPSA) is 12.5 Å². The quantitative estimate of drug-likeness (QED) is 0.683. The van der Waals surface area contributed by atoms with Crippen LogP contribution in [0.25, 0.3) is 0 Å². The van der Waals surface area contributed by atoms with Gasteiger partial charge in [-0.15, -0.1) is 0 Å². The molecular formula is C12H23NO. The Morgan fingerprint density at radius 2 is 1.86 bits per heavy atom. The molecule has 0 aromatic rings. The van der Waals surface area contributed by atoms with E-state index >= 15 is 0 Å². The van der Waals surface area contributed by atoms with Gasteiger partial charge in [0.2, 0.25) is 0 Å². The second-order valence-corrected chi connectivity index (χ2v) is 5.42. The summed E-state index contributed by atoms with van der Waals surface area (Å²) in [7, 11) is 0. The third kappa shape index (κ3) is 2.12. The third-order valence-corrected chi connectivity index (χ3v) is 3.89. The van der Waals surface area contributed by atoms with E-state index in [1.165, 1.54) is 19.5 Å². The van der Waals surface area contributed by atoms with Crippen LogP contribution in [0.5, 0.6) is 0 Å². The van der Waals surface area contributed by atoms with Gasteiger partial charge in [-0.2, -0.15) is 0 Å². The summed E-state index contributed by atoms with van der Waals surface area (Å²) >= 11 is 0. The molecule has 0 spiro atoms. The predicted octanol–water partition coefficient (Wildman–Crippen LogP) is 2.00. The lowest BCUT2D eigenvalue weighted by molar-refractivity contribution is -0.0677. The van der Waals surface area contributed by atoms with Crippen LogP contribution < -0.4 is 0 Å². The second-order valence-electron chi connectivity index (χ2n) is 5.42. The van der Waals surface area contributed by atoms with Gasteiger partial charge in [0.1, 0.15) is 0 Å². The molecule has 14 heavy (non-hydrogen) atoms. The van der Waals surface area contributed by atoms with Gasteiger partial charge >= 0.3 is 0 Å². The molecule has 1 unspecified atom stereocenters. The Morgan fingerprint density at radius 3 is 2.29 bits per heavy atom. The van der Waals surface area contributed by atoms with E-state index in [0.717, 1.165) is 37.0 Å². The zero-order valence-electron chi connectivity index (χ0n) is 9.70. The maximum Gasteiger partial charge on any atom is 0.0519 e. The van der Waals surface area contributed by atoms with Crippen LogP contribution in [0, 0.1) is 17.8 Å². The van der Waals surface area contributed by atoms with Crippen molar-refractivity contribution >= 4 is 0 Å². The number of ether oxygens (including phenoxy) is 1. The predicted molar refractivity (Wildman–Crippen MR) is 58.3 cm³/mol. The maximum atomic E-state index is 5.24. The number of rotatable bonds is 4. The zero-order valence-corrected chi connectivity index (χ0v) is 9.70. The monoisotopic (exact) mass is 197 g/mol. The van der Waals surface area contributed by atoms with E-state index in [9.17, 15) is 0 Å². The minimum atomic E-state index is 0.744. The Hall–Kier alpha value is -0.0800. The molecule has 0 radical (unpaired) electrons. The first-order valence-electron chi connectivity index (χ1n) is 5.98. The van der Waals surface area contributed by atoms with Crippen LogP contribution in [0.15, 0.2) is 0 Å². The minimum Gasteiger partial charge on any atom is -0.381 e. The standard InChI is InChI=1S/C12H23NO/c1-9(2)13-5-11(6-13)4-10(3)12-7-14-8-12/h9-12H,4-8H2,1-3H3. The Bertz CT molecular complexity index is 183. The van der Waals surface area contributed by atoms with Crippen LogP contribution in [-0.4, -0.2) is 37.2 Å². The molecule has 2 nitrogen and oxygen atoms in total. The normalized spacial score (nSPS) is 27.4. The van der Waals surface area contributed by atoms with E-state index < -0.39 is 0 Å². The Kier molecular flexibility index (Phi) is 3.13. The molecule has 2 heteroatoms. The highest BCUT2D eigenvalue weighted by Crippen LogP contribution is 2.30. The van der Waals surface area contributed by atoms with Crippen molar-refractivity contribution in [1.82, 2.24) is 4.90 Å². The van der Waals surface area contributed by atoms with Gasteiger partial charge in [0.05, 0.1) is 13.2 Å². The highest BCUT2D eigenvalue weighted by Gasteiger charge is 2.33. The number of nitrogens with zero attached hydrogens (tertiary/aromatic N) is 1. The van der Waals surface area contributed by atoms with Crippen LogP contribution >= 0.6 is 0 Å². The summed E-state index contributed by atoms with van der Waals surface area (Å²) < 4.78 is 5.24. The molecular weight excluding hydrogens is 174 g/mol. The lowest BCUT2D eigenvalue weighted by Gasteiger charge is -2.44.